The first-order valence-electron chi connectivity index (χ1n) is 9.29. The Balaban J connectivity index is 1.44. The number of carbonyl (C=O) groups is 1. The second-order valence-corrected chi connectivity index (χ2v) is 7.27. The largest absolute Gasteiger partial charge is 0.448 e. The molecule has 2 heterocycles. The monoisotopic (exact) mass is 384 g/mol. The van der Waals surface area contributed by atoms with Crippen LogP contribution in [0.25, 0.3) is 11.0 Å². The molecule has 0 atom stereocenters. The molecule has 27 heavy (non-hydrogen) atoms. The van der Waals surface area contributed by atoms with Gasteiger partial charge in [0.2, 0.25) is 5.91 Å². The van der Waals surface area contributed by atoms with Crippen molar-refractivity contribution in [2.24, 2.45) is 5.10 Å². The van der Waals surface area contributed by atoms with Crippen molar-refractivity contribution in [3.63, 3.8) is 0 Å². The van der Waals surface area contributed by atoms with Gasteiger partial charge >= 0.3 is 0 Å². The molecule has 0 unspecified atom stereocenters. The number of unbranched alkanes of at least 4 members (excludes halogenated alkanes) is 4. The number of hydrazone groups is 1. The van der Waals surface area contributed by atoms with Gasteiger partial charge in [0.15, 0.2) is 10.2 Å². The third kappa shape index (κ3) is 5.99. The number of carbonyl (C=O) groups excluding carboxylic acids is 1. The number of imidazole rings is 1. The smallest absolute Gasteiger partial charge is 0.240 e. The fourth-order valence-corrected chi connectivity index (χ4v) is 3.41. The van der Waals surface area contributed by atoms with E-state index in [1.807, 2.05) is 36.4 Å². The molecule has 0 saturated carbocycles. The molecule has 1 aromatic carbocycles. The number of amides is 1. The van der Waals surface area contributed by atoms with Crippen LogP contribution in [0.3, 0.4) is 0 Å². The highest BCUT2D eigenvalue weighted by molar-refractivity contribution is 7.99. The zero-order valence-electron chi connectivity index (χ0n) is 15.4. The molecule has 142 valence electrons. The molecule has 0 fully saturated rings. The lowest BCUT2D eigenvalue weighted by molar-refractivity contribution is -0.121. The van der Waals surface area contributed by atoms with Crippen molar-refractivity contribution in [3.8, 4) is 0 Å². The van der Waals surface area contributed by atoms with Crippen molar-refractivity contribution in [1.82, 2.24) is 15.4 Å². The fourth-order valence-electron chi connectivity index (χ4n) is 2.64. The molecule has 0 bridgehead atoms. The first-order valence-corrected chi connectivity index (χ1v) is 10.1. The standard InChI is InChI=1S/C20H24N4O2S/c1-2-3-4-5-6-11-18(25)24-21-14-15-12-13-19(26-15)27-20-22-16-9-7-8-10-17(16)23-20/h7-10,12-14H,2-6,11H2,1H3,(H,22,23)(H,24,25)/b21-14+. The summed E-state index contributed by atoms with van der Waals surface area (Å²) >= 11 is 1.41. The van der Waals surface area contributed by atoms with Crippen LogP contribution in [-0.4, -0.2) is 22.1 Å². The van der Waals surface area contributed by atoms with Gasteiger partial charge in [-0.15, -0.1) is 0 Å². The van der Waals surface area contributed by atoms with Gasteiger partial charge in [0.05, 0.1) is 17.2 Å². The van der Waals surface area contributed by atoms with Crippen LogP contribution in [-0.2, 0) is 4.79 Å². The minimum atomic E-state index is -0.0637. The Morgan fingerprint density at radius 2 is 2.07 bits per heavy atom. The molecule has 3 rings (SSSR count). The van der Waals surface area contributed by atoms with Crippen LogP contribution in [0, 0.1) is 0 Å². The minimum absolute atomic E-state index is 0.0637. The number of rotatable bonds is 10. The van der Waals surface area contributed by atoms with E-state index in [0.29, 0.717) is 17.3 Å². The van der Waals surface area contributed by atoms with Crippen molar-refractivity contribution in [3.05, 3.63) is 42.2 Å². The van der Waals surface area contributed by atoms with E-state index in [-0.39, 0.29) is 5.91 Å². The van der Waals surface area contributed by atoms with Gasteiger partial charge < -0.3 is 9.40 Å². The van der Waals surface area contributed by atoms with Crippen molar-refractivity contribution in [1.29, 1.82) is 0 Å². The van der Waals surface area contributed by atoms with E-state index in [2.05, 4.69) is 27.4 Å². The number of fused-ring (bicyclic) bond motifs is 1. The highest BCUT2D eigenvalue weighted by atomic mass is 32.2. The highest BCUT2D eigenvalue weighted by Gasteiger charge is 2.07. The molecule has 1 amide bonds. The maximum absolute atomic E-state index is 11.7. The third-order valence-corrected chi connectivity index (χ3v) is 4.86. The molecule has 0 spiro atoms. The topological polar surface area (TPSA) is 83.3 Å². The lowest BCUT2D eigenvalue weighted by Crippen LogP contribution is -2.16. The van der Waals surface area contributed by atoms with Crippen LogP contribution in [0.5, 0.6) is 0 Å². The van der Waals surface area contributed by atoms with Gasteiger partial charge in [0.25, 0.3) is 0 Å². The molecule has 2 N–H and O–H groups in total. The van der Waals surface area contributed by atoms with Crippen molar-refractivity contribution >= 4 is 34.9 Å². The number of aromatic amines is 1. The molecular weight excluding hydrogens is 360 g/mol. The number of nitrogens with one attached hydrogen (secondary N) is 2. The van der Waals surface area contributed by atoms with E-state index in [1.54, 1.807) is 0 Å². The number of nitrogens with zero attached hydrogens (tertiary/aromatic N) is 2. The van der Waals surface area contributed by atoms with Gasteiger partial charge in [-0.25, -0.2) is 10.4 Å². The van der Waals surface area contributed by atoms with Gasteiger partial charge in [-0.1, -0.05) is 44.7 Å². The summed E-state index contributed by atoms with van der Waals surface area (Å²) in [6.07, 6.45) is 7.63. The SMILES string of the molecule is CCCCCCCC(=O)N/N=C/c1ccc(Sc2nc3ccccc3[nH]2)o1. The normalized spacial score (nSPS) is 11.4. The molecule has 0 aliphatic rings. The first-order chi connectivity index (χ1) is 13.2. The molecule has 7 heteroatoms. The van der Waals surface area contributed by atoms with Crippen LogP contribution in [0.1, 0.15) is 51.2 Å². The molecule has 2 aromatic heterocycles. The summed E-state index contributed by atoms with van der Waals surface area (Å²) in [5, 5.41) is 5.44. The van der Waals surface area contributed by atoms with Crippen molar-refractivity contribution in [2.45, 2.75) is 55.7 Å². The van der Waals surface area contributed by atoms with Gasteiger partial charge in [-0.05, 0) is 42.4 Å². The molecule has 0 aliphatic heterocycles. The second-order valence-electron chi connectivity index (χ2n) is 6.28. The average molecular weight is 385 g/mol. The molecule has 3 aromatic rings. The summed E-state index contributed by atoms with van der Waals surface area (Å²) in [5.41, 5.74) is 4.46. The molecular formula is C20H24N4O2S. The number of aromatic nitrogens is 2. The predicted molar refractivity (Wildman–Crippen MR) is 108 cm³/mol. The zero-order valence-corrected chi connectivity index (χ0v) is 16.2. The van der Waals surface area contributed by atoms with E-state index in [9.17, 15) is 4.79 Å². The summed E-state index contributed by atoms with van der Waals surface area (Å²) < 4.78 is 5.69. The number of hydrogen-bond acceptors (Lipinski definition) is 5. The lowest BCUT2D eigenvalue weighted by atomic mass is 10.1. The Hall–Kier alpha value is -2.54. The fraction of sp³-hybridized carbons (Fsp3) is 0.350. The van der Waals surface area contributed by atoms with Crippen LogP contribution >= 0.6 is 11.8 Å². The number of hydrogen-bond donors (Lipinski definition) is 2. The summed E-state index contributed by atoms with van der Waals surface area (Å²) in [6.45, 7) is 2.18. The Labute approximate surface area is 162 Å². The van der Waals surface area contributed by atoms with Crippen molar-refractivity contribution in [2.75, 3.05) is 0 Å². The van der Waals surface area contributed by atoms with E-state index in [1.165, 1.54) is 37.2 Å². The second kappa shape index (κ2) is 9.97. The maximum atomic E-state index is 11.7. The van der Waals surface area contributed by atoms with Gasteiger partial charge in [-0.3, -0.25) is 4.79 Å². The predicted octanol–water partition coefficient (Wildman–Crippen LogP) is 5.12. The van der Waals surface area contributed by atoms with Crippen LogP contribution < -0.4 is 5.43 Å². The van der Waals surface area contributed by atoms with Crippen LogP contribution in [0.4, 0.5) is 0 Å². The number of para-hydroxylation sites is 2. The highest BCUT2D eigenvalue weighted by Crippen LogP contribution is 2.28. The Bertz CT molecular complexity index is 867. The van der Waals surface area contributed by atoms with E-state index in [0.717, 1.165) is 29.0 Å². The summed E-state index contributed by atoms with van der Waals surface area (Å²) in [7, 11) is 0. The van der Waals surface area contributed by atoms with E-state index >= 15 is 0 Å². The van der Waals surface area contributed by atoms with Gasteiger partial charge in [0.1, 0.15) is 5.76 Å². The summed E-state index contributed by atoms with van der Waals surface area (Å²) in [4.78, 5) is 19.5. The molecule has 6 nitrogen and oxygen atoms in total. The number of H-pyrrole nitrogens is 1. The van der Waals surface area contributed by atoms with Crippen LogP contribution in [0.2, 0.25) is 0 Å². The first kappa shape index (κ1) is 19.2. The number of benzene rings is 1. The Morgan fingerprint density at radius 1 is 1.22 bits per heavy atom. The number of furan rings is 1. The molecule has 0 saturated heterocycles. The Kier molecular flexibility index (Phi) is 7.10. The van der Waals surface area contributed by atoms with Crippen LogP contribution in [0.15, 0.2) is 56.2 Å². The lowest BCUT2D eigenvalue weighted by Gasteiger charge is -1.99. The molecule has 0 radical (unpaired) electrons. The average Bonchev–Trinajstić information content (AvgIpc) is 3.28. The third-order valence-electron chi connectivity index (χ3n) is 4.06. The van der Waals surface area contributed by atoms with Crippen molar-refractivity contribution < 1.29 is 9.21 Å². The summed E-state index contributed by atoms with van der Waals surface area (Å²) in [5.74, 6) is 0.517. The van der Waals surface area contributed by atoms with Gasteiger partial charge in [-0.2, -0.15) is 5.10 Å². The zero-order chi connectivity index (χ0) is 18.9. The minimum Gasteiger partial charge on any atom is -0.448 e. The Morgan fingerprint density at radius 3 is 2.93 bits per heavy atom. The van der Waals surface area contributed by atoms with Gasteiger partial charge in [0, 0.05) is 6.42 Å². The molecule has 0 aliphatic carbocycles. The quantitative estimate of drug-likeness (QED) is 0.289. The summed E-state index contributed by atoms with van der Waals surface area (Å²) in [6, 6.07) is 11.5. The van der Waals surface area contributed by atoms with E-state index in [4.69, 9.17) is 4.42 Å². The van der Waals surface area contributed by atoms with E-state index < -0.39 is 0 Å². The maximum Gasteiger partial charge on any atom is 0.240 e.